The Morgan fingerprint density at radius 1 is 1.40 bits per heavy atom. The summed E-state index contributed by atoms with van der Waals surface area (Å²) in [6, 6.07) is 5.50. The van der Waals surface area contributed by atoms with Crippen LogP contribution in [-0.4, -0.2) is 16.9 Å². The van der Waals surface area contributed by atoms with E-state index in [0.29, 0.717) is 5.69 Å². The van der Waals surface area contributed by atoms with Crippen LogP contribution in [0.2, 0.25) is 0 Å². The summed E-state index contributed by atoms with van der Waals surface area (Å²) in [5.74, 6) is 0.771. The average molecular weight is 203 g/mol. The first-order valence-corrected chi connectivity index (χ1v) is 4.66. The van der Waals surface area contributed by atoms with E-state index in [1.807, 2.05) is 31.3 Å². The van der Waals surface area contributed by atoms with Crippen molar-refractivity contribution in [3.05, 3.63) is 36.2 Å². The highest BCUT2D eigenvalue weighted by molar-refractivity contribution is 5.60. The number of rotatable bonds is 2. The molecule has 0 radical (unpaired) electrons. The van der Waals surface area contributed by atoms with Crippen molar-refractivity contribution in [2.45, 2.75) is 6.92 Å². The first kappa shape index (κ1) is 9.58. The zero-order valence-corrected chi connectivity index (χ0v) is 8.77. The monoisotopic (exact) mass is 203 g/mol. The summed E-state index contributed by atoms with van der Waals surface area (Å²) in [5, 5.41) is 4.20. The molecule has 0 aliphatic carbocycles. The lowest BCUT2D eigenvalue weighted by Gasteiger charge is -2.07. The van der Waals surface area contributed by atoms with Crippen molar-refractivity contribution < 1.29 is 4.74 Å². The Labute approximate surface area is 88.3 Å². The predicted molar refractivity (Wildman–Crippen MR) is 59.3 cm³/mol. The Bertz CT molecular complexity index is 476. The van der Waals surface area contributed by atoms with Crippen molar-refractivity contribution in [2.24, 2.45) is 0 Å². The molecule has 0 fully saturated rings. The molecule has 4 heteroatoms. The maximum atomic E-state index is 5.87. The molecule has 15 heavy (non-hydrogen) atoms. The van der Waals surface area contributed by atoms with E-state index in [2.05, 4.69) is 5.10 Å². The first-order valence-electron chi connectivity index (χ1n) is 4.66. The highest BCUT2D eigenvalue weighted by atomic mass is 16.5. The average Bonchev–Trinajstić information content (AvgIpc) is 2.65. The molecule has 2 N–H and O–H groups in total. The van der Waals surface area contributed by atoms with Crippen molar-refractivity contribution in [1.29, 1.82) is 0 Å². The fourth-order valence-electron chi connectivity index (χ4n) is 1.39. The van der Waals surface area contributed by atoms with Gasteiger partial charge in [0, 0.05) is 12.3 Å². The van der Waals surface area contributed by atoms with E-state index in [0.717, 1.165) is 17.0 Å². The summed E-state index contributed by atoms with van der Waals surface area (Å²) in [7, 11) is 1.63. The molecule has 0 saturated carbocycles. The number of nitrogens with zero attached hydrogens (tertiary/aromatic N) is 2. The van der Waals surface area contributed by atoms with Gasteiger partial charge in [-0.05, 0) is 24.6 Å². The van der Waals surface area contributed by atoms with E-state index in [-0.39, 0.29) is 0 Å². The van der Waals surface area contributed by atoms with Crippen molar-refractivity contribution in [3.8, 4) is 11.4 Å². The largest absolute Gasteiger partial charge is 0.497 e. The molecule has 2 rings (SSSR count). The van der Waals surface area contributed by atoms with Crippen molar-refractivity contribution >= 4 is 5.69 Å². The lowest BCUT2D eigenvalue weighted by molar-refractivity contribution is 0.414. The fraction of sp³-hybridized carbons (Fsp3) is 0.182. The highest BCUT2D eigenvalue weighted by Gasteiger charge is 2.04. The number of nitrogen functional groups attached to an aromatic ring is 1. The zero-order chi connectivity index (χ0) is 10.8. The van der Waals surface area contributed by atoms with Gasteiger partial charge >= 0.3 is 0 Å². The van der Waals surface area contributed by atoms with Crippen molar-refractivity contribution in [1.82, 2.24) is 9.78 Å². The number of benzene rings is 1. The molecule has 1 aromatic carbocycles. The zero-order valence-electron chi connectivity index (χ0n) is 8.77. The standard InChI is InChI=1S/C11H13N3O/c1-8-6-13-14(7-8)11-5-9(15-2)3-4-10(11)12/h3-7H,12H2,1-2H3. The second-order valence-corrected chi connectivity index (χ2v) is 3.39. The van der Waals surface area contributed by atoms with E-state index in [4.69, 9.17) is 10.5 Å². The van der Waals surface area contributed by atoms with E-state index in [1.54, 1.807) is 18.0 Å². The number of aryl methyl sites for hydroxylation is 1. The molecule has 0 unspecified atom stereocenters. The summed E-state index contributed by atoms with van der Waals surface area (Å²) in [6.45, 7) is 1.99. The highest BCUT2D eigenvalue weighted by Crippen LogP contribution is 2.22. The molecule has 0 aliphatic rings. The maximum absolute atomic E-state index is 5.87. The van der Waals surface area contributed by atoms with Gasteiger partial charge < -0.3 is 10.5 Å². The van der Waals surface area contributed by atoms with Gasteiger partial charge in [0.1, 0.15) is 5.75 Å². The minimum atomic E-state index is 0.680. The number of methoxy groups -OCH3 is 1. The van der Waals surface area contributed by atoms with Crippen LogP contribution in [0.3, 0.4) is 0 Å². The molecule has 1 heterocycles. The third-order valence-corrected chi connectivity index (χ3v) is 2.20. The van der Waals surface area contributed by atoms with Gasteiger partial charge in [0.05, 0.1) is 24.7 Å². The fourth-order valence-corrected chi connectivity index (χ4v) is 1.39. The minimum absolute atomic E-state index is 0.680. The Hall–Kier alpha value is -1.97. The number of anilines is 1. The molecule has 78 valence electrons. The summed E-state index contributed by atoms with van der Waals surface area (Å²) < 4.78 is 6.88. The molecule has 0 aliphatic heterocycles. The maximum Gasteiger partial charge on any atom is 0.121 e. The Balaban J connectivity index is 2.51. The van der Waals surface area contributed by atoms with Crippen LogP contribution in [0, 0.1) is 6.92 Å². The van der Waals surface area contributed by atoms with Crippen LogP contribution in [0.1, 0.15) is 5.56 Å². The normalized spacial score (nSPS) is 10.3. The number of aromatic nitrogens is 2. The van der Waals surface area contributed by atoms with Gasteiger partial charge in [-0.2, -0.15) is 5.10 Å². The number of hydrogen-bond donors (Lipinski definition) is 1. The molecule has 0 bridgehead atoms. The molecular formula is C11H13N3O. The van der Waals surface area contributed by atoms with Crippen molar-refractivity contribution in [3.63, 3.8) is 0 Å². The SMILES string of the molecule is COc1ccc(N)c(-n2cc(C)cn2)c1. The second-order valence-electron chi connectivity index (χ2n) is 3.39. The van der Waals surface area contributed by atoms with E-state index < -0.39 is 0 Å². The number of ether oxygens (including phenoxy) is 1. The third-order valence-electron chi connectivity index (χ3n) is 2.20. The number of nitrogens with two attached hydrogens (primary N) is 1. The molecule has 0 saturated heterocycles. The predicted octanol–water partition coefficient (Wildman–Crippen LogP) is 1.77. The van der Waals surface area contributed by atoms with Gasteiger partial charge in [0.25, 0.3) is 0 Å². The summed E-state index contributed by atoms with van der Waals surface area (Å²) in [4.78, 5) is 0. The van der Waals surface area contributed by atoms with Crippen LogP contribution in [0.25, 0.3) is 5.69 Å². The van der Waals surface area contributed by atoms with Gasteiger partial charge in [-0.15, -0.1) is 0 Å². The third kappa shape index (κ3) is 1.79. The lowest BCUT2D eigenvalue weighted by atomic mass is 10.2. The molecule has 0 amide bonds. The summed E-state index contributed by atoms with van der Waals surface area (Å²) >= 11 is 0. The van der Waals surface area contributed by atoms with E-state index >= 15 is 0 Å². The lowest BCUT2D eigenvalue weighted by Crippen LogP contribution is -2.00. The van der Waals surface area contributed by atoms with Crippen LogP contribution >= 0.6 is 0 Å². The summed E-state index contributed by atoms with van der Waals surface area (Å²) in [6.07, 6.45) is 3.71. The molecular weight excluding hydrogens is 190 g/mol. The smallest absolute Gasteiger partial charge is 0.121 e. The van der Waals surface area contributed by atoms with Gasteiger partial charge in [-0.25, -0.2) is 4.68 Å². The summed E-state index contributed by atoms with van der Waals surface area (Å²) in [5.41, 5.74) is 8.48. The van der Waals surface area contributed by atoms with Crippen LogP contribution in [0.4, 0.5) is 5.69 Å². The van der Waals surface area contributed by atoms with Crippen LogP contribution in [-0.2, 0) is 0 Å². The Morgan fingerprint density at radius 2 is 2.20 bits per heavy atom. The Morgan fingerprint density at radius 3 is 2.80 bits per heavy atom. The molecule has 0 spiro atoms. The quantitative estimate of drug-likeness (QED) is 0.757. The minimum Gasteiger partial charge on any atom is -0.497 e. The van der Waals surface area contributed by atoms with E-state index in [9.17, 15) is 0 Å². The van der Waals surface area contributed by atoms with Gasteiger partial charge in [0.15, 0.2) is 0 Å². The van der Waals surface area contributed by atoms with Crippen molar-refractivity contribution in [2.75, 3.05) is 12.8 Å². The van der Waals surface area contributed by atoms with Gasteiger partial charge in [-0.3, -0.25) is 0 Å². The molecule has 1 aromatic heterocycles. The van der Waals surface area contributed by atoms with Crippen LogP contribution < -0.4 is 10.5 Å². The first-order chi connectivity index (χ1) is 7.20. The van der Waals surface area contributed by atoms with Crippen LogP contribution in [0.15, 0.2) is 30.6 Å². The van der Waals surface area contributed by atoms with Gasteiger partial charge in [-0.1, -0.05) is 0 Å². The second kappa shape index (κ2) is 3.65. The Kier molecular flexibility index (Phi) is 2.33. The molecule has 4 nitrogen and oxygen atoms in total. The molecule has 2 aromatic rings. The van der Waals surface area contributed by atoms with Gasteiger partial charge in [0.2, 0.25) is 0 Å². The van der Waals surface area contributed by atoms with E-state index in [1.165, 1.54) is 0 Å². The topological polar surface area (TPSA) is 53.1 Å². The number of hydrogen-bond acceptors (Lipinski definition) is 3. The molecule has 0 atom stereocenters. The van der Waals surface area contributed by atoms with Crippen LogP contribution in [0.5, 0.6) is 5.75 Å².